The van der Waals surface area contributed by atoms with E-state index in [1.807, 2.05) is 6.92 Å². The summed E-state index contributed by atoms with van der Waals surface area (Å²) in [5.74, 6) is -0.231. The Kier molecular flexibility index (Phi) is 7.83. The van der Waals surface area contributed by atoms with Gasteiger partial charge in [-0.3, -0.25) is 9.59 Å². The third kappa shape index (κ3) is 8.99. The number of carbonyl (C=O) groups excluding carboxylic acids is 2. The van der Waals surface area contributed by atoms with E-state index in [1.165, 1.54) is 0 Å². The Hall–Kier alpha value is -1.10. The summed E-state index contributed by atoms with van der Waals surface area (Å²) in [4.78, 5) is 21.3. The van der Waals surface area contributed by atoms with Gasteiger partial charge in [-0.1, -0.05) is 0 Å². The molecule has 0 spiro atoms. The van der Waals surface area contributed by atoms with Gasteiger partial charge in [0.2, 0.25) is 11.8 Å². The number of carbonyl (C=O) groups is 2. The lowest BCUT2D eigenvalue weighted by molar-refractivity contribution is -0.121. The fourth-order valence-electron chi connectivity index (χ4n) is 1.00. The van der Waals surface area contributed by atoms with Crippen LogP contribution in [0.15, 0.2) is 0 Å². The summed E-state index contributed by atoms with van der Waals surface area (Å²) < 4.78 is 0. The second-order valence-corrected chi connectivity index (χ2v) is 3.02. The second-order valence-electron chi connectivity index (χ2n) is 3.02. The molecule has 5 nitrogen and oxygen atoms in total. The van der Waals surface area contributed by atoms with Gasteiger partial charge in [0.1, 0.15) is 0 Å². The molecule has 0 fully saturated rings. The number of rotatable bonds is 8. The van der Waals surface area contributed by atoms with Crippen molar-refractivity contribution in [1.82, 2.24) is 10.6 Å². The van der Waals surface area contributed by atoms with Gasteiger partial charge in [0.15, 0.2) is 0 Å². The Balaban J connectivity index is 3.13. The molecule has 0 aromatic rings. The van der Waals surface area contributed by atoms with Crippen molar-refractivity contribution in [2.75, 3.05) is 19.6 Å². The van der Waals surface area contributed by atoms with E-state index >= 15 is 0 Å². The number of nitrogens with one attached hydrogen (secondary N) is 2. The Morgan fingerprint density at radius 2 is 1.93 bits per heavy atom. The molecule has 0 aliphatic rings. The van der Waals surface area contributed by atoms with Crippen LogP contribution in [-0.2, 0) is 9.59 Å². The third-order valence-electron chi connectivity index (χ3n) is 1.68. The highest BCUT2D eigenvalue weighted by Crippen LogP contribution is 1.84. The second kappa shape index (κ2) is 8.50. The molecule has 0 atom stereocenters. The zero-order valence-electron chi connectivity index (χ0n) is 8.64. The summed E-state index contributed by atoms with van der Waals surface area (Å²) in [6, 6.07) is 0. The first-order chi connectivity index (χ1) is 6.66. The van der Waals surface area contributed by atoms with Crippen molar-refractivity contribution in [2.45, 2.75) is 26.2 Å². The van der Waals surface area contributed by atoms with Crippen LogP contribution in [0.1, 0.15) is 26.2 Å². The largest absolute Gasteiger partial charge is 0.370 e. The first-order valence-corrected chi connectivity index (χ1v) is 4.92. The monoisotopic (exact) mass is 201 g/mol. The molecule has 0 bridgehead atoms. The Labute approximate surface area is 84.4 Å². The van der Waals surface area contributed by atoms with E-state index < -0.39 is 0 Å². The molecule has 0 aliphatic carbocycles. The summed E-state index contributed by atoms with van der Waals surface area (Å²) >= 11 is 0. The summed E-state index contributed by atoms with van der Waals surface area (Å²) in [5.41, 5.74) is 4.96. The molecule has 0 heterocycles. The van der Waals surface area contributed by atoms with Crippen LogP contribution in [0.5, 0.6) is 0 Å². The minimum Gasteiger partial charge on any atom is -0.370 e. The Morgan fingerprint density at radius 1 is 1.21 bits per heavy atom. The normalized spacial score (nSPS) is 9.79. The molecule has 2 amide bonds. The molecule has 0 rings (SSSR count). The van der Waals surface area contributed by atoms with Crippen molar-refractivity contribution in [2.24, 2.45) is 5.73 Å². The van der Waals surface area contributed by atoms with Crippen LogP contribution < -0.4 is 16.4 Å². The van der Waals surface area contributed by atoms with Crippen molar-refractivity contribution in [3.05, 3.63) is 0 Å². The number of amides is 2. The van der Waals surface area contributed by atoms with E-state index in [1.54, 1.807) is 0 Å². The van der Waals surface area contributed by atoms with Gasteiger partial charge in [-0.15, -0.1) is 0 Å². The maximum atomic E-state index is 11.0. The SMILES string of the molecule is CCNC(=O)CCNCCCC(N)=O. The molecule has 14 heavy (non-hydrogen) atoms. The minimum atomic E-state index is -0.282. The standard InChI is InChI=1S/C9H19N3O2/c1-2-12-9(14)5-7-11-6-3-4-8(10)13/h11H,2-7H2,1H3,(H2,10,13)(H,12,14). The lowest BCUT2D eigenvalue weighted by Gasteiger charge is -2.03. The lowest BCUT2D eigenvalue weighted by Crippen LogP contribution is -2.28. The molecule has 0 saturated heterocycles. The zero-order chi connectivity index (χ0) is 10.8. The fraction of sp³-hybridized carbons (Fsp3) is 0.778. The van der Waals surface area contributed by atoms with Crippen LogP contribution in [0.4, 0.5) is 0 Å². The van der Waals surface area contributed by atoms with Crippen LogP contribution >= 0.6 is 0 Å². The molecular formula is C9H19N3O2. The Morgan fingerprint density at radius 3 is 2.50 bits per heavy atom. The van der Waals surface area contributed by atoms with Crippen molar-refractivity contribution in [3.8, 4) is 0 Å². The molecule has 5 heteroatoms. The third-order valence-corrected chi connectivity index (χ3v) is 1.68. The van der Waals surface area contributed by atoms with E-state index in [0.717, 1.165) is 13.0 Å². The smallest absolute Gasteiger partial charge is 0.221 e. The van der Waals surface area contributed by atoms with E-state index in [0.29, 0.717) is 25.9 Å². The van der Waals surface area contributed by atoms with Gasteiger partial charge in [0.25, 0.3) is 0 Å². The first-order valence-electron chi connectivity index (χ1n) is 4.92. The molecule has 4 N–H and O–H groups in total. The number of nitrogens with two attached hydrogens (primary N) is 1. The van der Waals surface area contributed by atoms with Crippen molar-refractivity contribution in [3.63, 3.8) is 0 Å². The highest BCUT2D eigenvalue weighted by Gasteiger charge is 1.98. The van der Waals surface area contributed by atoms with Crippen LogP contribution in [0.3, 0.4) is 0 Å². The van der Waals surface area contributed by atoms with Crippen molar-refractivity contribution >= 4 is 11.8 Å². The van der Waals surface area contributed by atoms with Crippen LogP contribution in [-0.4, -0.2) is 31.4 Å². The maximum absolute atomic E-state index is 11.0. The summed E-state index contributed by atoms with van der Waals surface area (Å²) in [5, 5.41) is 5.76. The molecule has 0 radical (unpaired) electrons. The minimum absolute atomic E-state index is 0.0508. The van der Waals surface area contributed by atoms with Crippen LogP contribution in [0, 0.1) is 0 Å². The van der Waals surface area contributed by atoms with Crippen LogP contribution in [0.25, 0.3) is 0 Å². The zero-order valence-corrected chi connectivity index (χ0v) is 8.64. The van der Waals surface area contributed by atoms with Gasteiger partial charge >= 0.3 is 0 Å². The average molecular weight is 201 g/mol. The van der Waals surface area contributed by atoms with Gasteiger partial charge in [-0.05, 0) is 19.9 Å². The highest BCUT2D eigenvalue weighted by atomic mass is 16.1. The van der Waals surface area contributed by atoms with Gasteiger partial charge < -0.3 is 16.4 Å². The van der Waals surface area contributed by atoms with E-state index in [9.17, 15) is 9.59 Å². The number of hydrogen-bond donors (Lipinski definition) is 3. The molecular weight excluding hydrogens is 182 g/mol. The Bertz CT molecular complexity index is 183. The van der Waals surface area contributed by atoms with Crippen molar-refractivity contribution < 1.29 is 9.59 Å². The maximum Gasteiger partial charge on any atom is 0.221 e. The van der Waals surface area contributed by atoms with Gasteiger partial charge in [0, 0.05) is 25.9 Å². The summed E-state index contributed by atoms with van der Waals surface area (Å²) in [6.07, 6.45) is 1.60. The lowest BCUT2D eigenvalue weighted by atomic mass is 10.3. The predicted molar refractivity (Wildman–Crippen MR) is 54.6 cm³/mol. The van der Waals surface area contributed by atoms with Crippen molar-refractivity contribution in [1.29, 1.82) is 0 Å². The molecule has 0 aromatic heterocycles. The average Bonchev–Trinajstić information content (AvgIpc) is 2.11. The van der Waals surface area contributed by atoms with Gasteiger partial charge in [-0.25, -0.2) is 0 Å². The van der Waals surface area contributed by atoms with E-state index in [4.69, 9.17) is 5.73 Å². The fourth-order valence-corrected chi connectivity index (χ4v) is 1.00. The van der Waals surface area contributed by atoms with Crippen LogP contribution in [0.2, 0.25) is 0 Å². The topological polar surface area (TPSA) is 84.2 Å². The molecule has 82 valence electrons. The van der Waals surface area contributed by atoms with E-state index in [-0.39, 0.29) is 11.8 Å². The highest BCUT2D eigenvalue weighted by molar-refractivity contribution is 5.76. The summed E-state index contributed by atoms with van der Waals surface area (Å²) in [7, 11) is 0. The molecule has 0 aromatic carbocycles. The van der Waals surface area contributed by atoms with E-state index in [2.05, 4.69) is 10.6 Å². The summed E-state index contributed by atoms with van der Waals surface area (Å²) in [6.45, 7) is 3.92. The molecule has 0 saturated carbocycles. The predicted octanol–water partition coefficient (Wildman–Crippen LogP) is -0.632. The number of hydrogen-bond acceptors (Lipinski definition) is 3. The van der Waals surface area contributed by atoms with Gasteiger partial charge in [0.05, 0.1) is 0 Å². The first kappa shape index (κ1) is 12.9. The van der Waals surface area contributed by atoms with Gasteiger partial charge in [-0.2, -0.15) is 0 Å². The molecule has 0 aliphatic heterocycles. The molecule has 0 unspecified atom stereocenters. The quantitative estimate of drug-likeness (QED) is 0.457. The number of primary amides is 1.